The lowest BCUT2D eigenvalue weighted by molar-refractivity contribution is 0.0887. The standard InChI is InChI=1S/C30H37NO3/c1-20-15-25-26(30(4,5)14-13-29(25,2)3)18-22(20)17-24-11-12-27(34-24)28(33)31-23(19-32)16-21-9-7-6-8-10-21/h6-12,15,18,23,32H,13-14,16-17,19H2,1-5H3,(H,31,33). The molecule has 3 aromatic rings. The molecular weight excluding hydrogens is 422 g/mol. The second-order valence-electron chi connectivity index (χ2n) is 11.1. The largest absolute Gasteiger partial charge is 0.456 e. The summed E-state index contributed by atoms with van der Waals surface area (Å²) < 4.78 is 5.94. The molecule has 1 amide bonds. The Labute approximate surface area is 203 Å². The Morgan fingerprint density at radius 2 is 1.65 bits per heavy atom. The van der Waals surface area contributed by atoms with Gasteiger partial charge in [0.1, 0.15) is 5.76 Å². The van der Waals surface area contributed by atoms with Crippen LogP contribution in [0.5, 0.6) is 0 Å². The minimum Gasteiger partial charge on any atom is -0.456 e. The lowest BCUT2D eigenvalue weighted by Gasteiger charge is -2.42. The van der Waals surface area contributed by atoms with Crippen molar-refractivity contribution in [1.82, 2.24) is 5.32 Å². The first kappa shape index (κ1) is 24.3. The molecule has 0 radical (unpaired) electrons. The number of aliphatic hydroxyl groups excluding tert-OH is 1. The molecule has 0 aliphatic heterocycles. The molecule has 1 aromatic heterocycles. The van der Waals surface area contributed by atoms with E-state index in [0.29, 0.717) is 12.8 Å². The molecule has 0 saturated carbocycles. The highest BCUT2D eigenvalue weighted by Gasteiger charge is 2.37. The van der Waals surface area contributed by atoms with E-state index in [1.807, 2.05) is 36.4 Å². The van der Waals surface area contributed by atoms with Gasteiger partial charge in [-0.15, -0.1) is 0 Å². The number of amides is 1. The number of carbonyl (C=O) groups is 1. The molecule has 1 aliphatic rings. The zero-order valence-electron chi connectivity index (χ0n) is 21.1. The minimum atomic E-state index is -0.364. The van der Waals surface area contributed by atoms with E-state index in [1.165, 1.54) is 35.1 Å². The van der Waals surface area contributed by atoms with Crippen LogP contribution >= 0.6 is 0 Å². The molecule has 0 bridgehead atoms. The molecule has 2 aromatic carbocycles. The van der Waals surface area contributed by atoms with Crippen LogP contribution in [0.3, 0.4) is 0 Å². The quantitative estimate of drug-likeness (QED) is 0.465. The molecule has 180 valence electrons. The number of hydrogen-bond acceptors (Lipinski definition) is 3. The molecule has 0 fully saturated rings. The maximum Gasteiger partial charge on any atom is 0.287 e. The molecule has 1 atom stereocenters. The van der Waals surface area contributed by atoms with E-state index in [1.54, 1.807) is 6.07 Å². The number of aliphatic hydroxyl groups is 1. The Hall–Kier alpha value is -2.85. The van der Waals surface area contributed by atoms with E-state index in [-0.39, 0.29) is 35.1 Å². The smallest absolute Gasteiger partial charge is 0.287 e. The predicted octanol–water partition coefficient (Wildman–Crippen LogP) is 5.86. The average molecular weight is 460 g/mol. The Morgan fingerprint density at radius 3 is 2.29 bits per heavy atom. The number of furan rings is 1. The fourth-order valence-electron chi connectivity index (χ4n) is 5.06. The van der Waals surface area contributed by atoms with Gasteiger partial charge in [-0.3, -0.25) is 4.79 Å². The topological polar surface area (TPSA) is 62.5 Å². The number of benzene rings is 2. The third-order valence-corrected chi connectivity index (χ3v) is 7.44. The lowest BCUT2D eigenvalue weighted by atomic mass is 9.62. The second-order valence-corrected chi connectivity index (χ2v) is 11.1. The Morgan fingerprint density at radius 1 is 1.00 bits per heavy atom. The van der Waals surface area contributed by atoms with Crippen molar-refractivity contribution in [1.29, 1.82) is 0 Å². The minimum absolute atomic E-state index is 0.130. The van der Waals surface area contributed by atoms with Crippen molar-refractivity contribution in [3.63, 3.8) is 0 Å². The van der Waals surface area contributed by atoms with Gasteiger partial charge in [0.25, 0.3) is 5.91 Å². The summed E-state index contributed by atoms with van der Waals surface area (Å²) in [5.41, 5.74) is 6.79. The van der Waals surface area contributed by atoms with Gasteiger partial charge < -0.3 is 14.8 Å². The summed E-state index contributed by atoms with van der Waals surface area (Å²) in [7, 11) is 0. The van der Waals surface area contributed by atoms with Gasteiger partial charge in [-0.05, 0) is 77.0 Å². The van der Waals surface area contributed by atoms with Crippen LogP contribution in [0.4, 0.5) is 0 Å². The maximum absolute atomic E-state index is 12.8. The van der Waals surface area contributed by atoms with Crippen molar-refractivity contribution < 1.29 is 14.3 Å². The number of fused-ring (bicyclic) bond motifs is 1. The number of nitrogens with one attached hydrogen (secondary N) is 1. The zero-order chi connectivity index (χ0) is 24.5. The highest BCUT2D eigenvalue weighted by Crippen LogP contribution is 2.46. The Balaban J connectivity index is 1.49. The van der Waals surface area contributed by atoms with Crippen molar-refractivity contribution in [2.24, 2.45) is 0 Å². The first-order valence-corrected chi connectivity index (χ1v) is 12.3. The van der Waals surface area contributed by atoms with E-state index in [0.717, 1.165) is 11.3 Å². The van der Waals surface area contributed by atoms with Gasteiger partial charge in [0.2, 0.25) is 0 Å². The van der Waals surface area contributed by atoms with Gasteiger partial charge in [0.05, 0.1) is 12.6 Å². The van der Waals surface area contributed by atoms with Gasteiger partial charge in [0.15, 0.2) is 5.76 Å². The van der Waals surface area contributed by atoms with Crippen molar-refractivity contribution in [2.75, 3.05) is 6.61 Å². The predicted molar refractivity (Wildman–Crippen MR) is 136 cm³/mol. The van der Waals surface area contributed by atoms with Crippen LogP contribution in [-0.4, -0.2) is 23.7 Å². The highest BCUT2D eigenvalue weighted by atomic mass is 16.3. The molecule has 4 nitrogen and oxygen atoms in total. The Bertz CT molecular complexity index is 1160. The molecule has 0 saturated heterocycles. The SMILES string of the molecule is Cc1cc2c(cc1Cc1ccc(C(=O)NC(CO)Cc3ccccc3)o1)C(C)(C)CCC2(C)C. The van der Waals surface area contributed by atoms with Crippen LogP contribution in [0.1, 0.15) is 84.7 Å². The van der Waals surface area contributed by atoms with Crippen LogP contribution in [-0.2, 0) is 23.7 Å². The van der Waals surface area contributed by atoms with E-state index < -0.39 is 0 Å². The zero-order valence-corrected chi connectivity index (χ0v) is 21.1. The monoisotopic (exact) mass is 459 g/mol. The van der Waals surface area contributed by atoms with Crippen LogP contribution in [0, 0.1) is 6.92 Å². The highest BCUT2D eigenvalue weighted by molar-refractivity contribution is 5.91. The van der Waals surface area contributed by atoms with Crippen LogP contribution in [0.15, 0.2) is 59.0 Å². The number of carbonyl (C=O) groups excluding carboxylic acids is 1. The van der Waals surface area contributed by atoms with E-state index >= 15 is 0 Å². The molecule has 34 heavy (non-hydrogen) atoms. The van der Waals surface area contributed by atoms with Crippen molar-refractivity contribution in [2.45, 2.75) is 77.2 Å². The van der Waals surface area contributed by atoms with Crippen molar-refractivity contribution in [3.8, 4) is 0 Å². The molecule has 0 spiro atoms. The number of aryl methyl sites for hydroxylation is 1. The lowest BCUT2D eigenvalue weighted by Crippen LogP contribution is -2.38. The summed E-state index contributed by atoms with van der Waals surface area (Å²) in [6.45, 7) is 11.4. The van der Waals surface area contributed by atoms with Gasteiger partial charge in [-0.25, -0.2) is 0 Å². The normalized spacial score (nSPS) is 17.1. The van der Waals surface area contributed by atoms with Crippen molar-refractivity contribution >= 4 is 5.91 Å². The van der Waals surface area contributed by atoms with Gasteiger partial charge in [-0.2, -0.15) is 0 Å². The second kappa shape index (κ2) is 9.42. The van der Waals surface area contributed by atoms with Gasteiger partial charge in [-0.1, -0.05) is 70.2 Å². The summed E-state index contributed by atoms with van der Waals surface area (Å²) >= 11 is 0. The van der Waals surface area contributed by atoms with Crippen LogP contribution in [0.2, 0.25) is 0 Å². The molecule has 1 unspecified atom stereocenters. The Kier molecular flexibility index (Phi) is 6.73. The van der Waals surface area contributed by atoms with Crippen LogP contribution in [0.25, 0.3) is 0 Å². The molecule has 4 heteroatoms. The summed E-state index contributed by atoms with van der Waals surface area (Å²) in [5.74, 6) is 0.745. The third kappa shape index (κ3) is 5.12. The van der Waals surface area contributed by atoms with Gasteiger partial charge in [0, 0.05) is 6.42 Å². The molecular formula is C30H37NO3. The molecule has 4 rings (SSSR count). The van der Waals surface area contributed by atoms with E-state index in [4.69, 9.17) is 4.42 Å². The fraction of sp³-hybridized carbons (Fsp3) is 0.433. The van der Waals surface area contributed by atoms with E-state index in [9.17, 15) is 9.90 Å². The summed E-state index contributed by atoms with van der Waals surface area (Å²) in [5, 5.41) is 12.6. The fourth-order valence-corrected chi connectivity index (χ4v) is 5.06. The number of hydrogen-bond donors (Lipinski definition) is 2. The first-order valence-electron chi connectivity index (χ1n) is 12.3. The molecule has 1 aliphatic carbocycles. The third-order valence-electron chi connectivity index (χ3n) is 7.44. The maximum atomic E-state index is 12.8. The summed E-state index contributed by atoms with van der Waals surface area (Å²) in [6.07, 6.45) is 3.59. The van der Waals surface area contributed by atoms with E-state index in [2.05, 4.69) is 52.1 Å². The summed E-state index contributed by atoms with van der Waals surface area (Å²) in [6, 6.07) is 17.8. The van der Waals surface area contributed by atoms with Gasteiger partial charge >= 0.3 is 0 Å². The number of rotatable bonds is 7. The molecule has 1 heterocycles. The molecule has 2 N–H and O–H groups in total. The van der Waals surface area contributed by atoms with Crippen molar-refractivity contribution in [3.05, 3.63) is 93.9 Å². The average Bonchev–Trinajstić information content (AvgIpc) is 3.27. The summed E-state index contributed by atoms with van der Waals surface area (Å²) in [4.78, 5) is 12.8. The van der Waals surface area contributed by atoms with Crippen LogP contribution < -0.4 is 5.32 Å². The first-order chi connectivity index (χ1) is 16.1.